The third-order valence-corrected chi connectivity index (χ3v) is 7.64. The first-order chi connectivity index (χ1) is 12.4. The molecule has 136 valence electrons. The van der Waals surface area contributed by atoms with E-state index >= 15 is 0 Å². The van der Waals surface area contributed by atoms with Crippen molar-refractivity contribution in [3.05, 3.63) is 50.5 Å². The Morgan fingerprint density at radius 3 is 2.73 bits per heavy atom. The fraction of sp³-hybridized carbons (Fsp3) is 0.250. The lowest BCUT2D eigenvalue weighted by atomic mass is 10.0. The maximum absolute atomic E-state index is 12.8. The molecular weight excluding hydrogens is 417 g/mol. The second-order valence-corrected chi connectivity index (χ2v) is 9.52. The Labute approximate surface area is 164 Å². The van der Waals surface area contributed by atoms with Gasteiger partial charge in [0.25, 0.3) is 0 Å². The predicted molar refractivity (Wildman–Crippen MR) is 100 cm³/mol. The summed E-state index contributed by atoms with van der Waals surface area (Å²) in [6.07, 6.45) is 0. The van der Waals surface area contributed by atoms with Gasteiger partial charge in [0.1, 0.15) is 4.90 Å². The van der Waals surface area contributed by atoms with Crippen LogP contribution in [0.5, 0.6) is 0 Å². The van der Waals surface area contributed by atoms with Crippen LogP contribution in [0.25, 0.3) is 11.4 Å². The summed E-state index contributed by atoms with van der Waals surface area (Å²) in [5.41, 5.74) is 1.54. The molecule has 1 fully saturated rings. The summed E-state index contributed by atoms with van der Waals surface area (Å²) in [6.45, 7) is 2.28. The number of aryl methyl sites for hydroxylation is 1. The van der Waals surface area contributed by atoms with Gasteiger partial charge in [0, 0.05) is 29.1 Å². The average Bonchev–Trinajstić information content (AvgIpc) is 3.19. The number of thiophene rings is 1. The van der Waals surface area contributed by atoms with Crippen LogP contribution in [0.15, 0.2) is 38.4 Å². The minimum atomic E-state index is -3.69. The van der Waals surface area contributed by atoms with Gasteiger partial charge < -0.3 is 4.52 Å². The molecule has 3 heterocycles. The summed E-state index contributed by atoms with van der Waals surface area (Å²) >= 11 is 13.6. The Morgan fingerprint density at radius 1 is 1.27 bits per heavy atom. The molecule has 4 rings (SSSR count). The van der Waals surface area contributed by atoms with Crippen molar-refractivity contribution in [2.24, 2.45) is 0 Å². The van der Waals surface area contributed by atoms with Crippen LogP contribution in [0, 0.1) is 6.92 Å². The molecule has 0 bridgehead atoms. The summed E-state index contributed by atoms with van der Waals surface area (Å²) in [6, 6.07) is 4.85. The van der Waals surface area contributed by atoms with Gasteiger partial charge in [0.15, 0.2) is 0 Å². The maximum atomic E-state index is 12.8. The van der Waals surface area contributed by atoms with E-state index in [2.05, 4.69) is 10.1 Å². The topological polar surface area (TPSA) is 76.3 Å². The van der Waals surface area contributed by atoms with E-state index in [1.165, 1.54) is 16.4 Å². The van der Waals surface area contributed by atoms with Crippen LogP contribution in [-0.4, -0.2) is 36.0 Å². The van der Waals surface area contributed by atoms with Crippen LogP contribution in [0.1, 0.15) is 17.4 Å². The molecule has 0 radical (unpaired) electrons. The van der Waals surface area contributed by atoms with Crippen molar-refractivity contribution in [2.45, 2.75) is 17.7 Å². The van der Waals surface area contributed by atoms with E-state index < -0.39 is 10.0 Å². The van der Waals surface area contributed by atoms with Crippen molar-refractivity contribution in [1.29, 1.82) is 0 Å². The van der Waals surface area contributed by atoms with Gasteiger partial charge in [-0.25, -0.2) is 8.42 Å². The number of hydrogen-bond acceptors (Lipinski definition) is 6. The van der Waals surface area contributed by atoms with Gasteiger partial charge in [-0.05, 0) is 36.1 Å². The molecule has 1 aliphatic rings. The SMILES string of the molecule is Cc1cc(S(=O)(=O)N2CC(c3nc(-c4ccsc4)no3)C2)c(Cl)cc1Cl. The molecule has 2 aromatic heterocycles. The highest BCUT2D eigenvalue weighted by molar-refractivity contribution is 7.89. The molecule has 1 saturated heterocycles. The number of rotatable bonds is 4. The molecule has 1 aromatic carbocycles. The number of nitrogens with zero attached hydrogens (tertiary/aromatic N) is 3. The third kappa shape index (κ3) is 3.05. The molecule has 0 aliphatic carbocycles. The second kappa shape index (κ2) is 6.61. The number of sulfonamides is 1. The van der Waals surface area contributed by atoms with E-state index in [4.69, 9.17) is 27.7 Å². The molecule has 10 heteroatoms. The van der Waals surface area contributed by atoms with Crippen molar-refractivity contribution < 1.29 is 12.9 Å². The fourth-order valence-corrected chi connectivity index (χ4v) is 5.64. The number of halogens is 2. The minimum Gasteiger partial charge on any atom is -0.339 e. The normalized spacial score (nSPS) is 16.0. The molecule has 0 spiro atoms. The van der Waals surface area contributed by atoms with Crippen molar-refractivity contribution in [2.75, 3.05) is 13.1 Å². The van der Waals surface area contributed by atoms with Crippen LogP contribution in [0.2, 0.25) is 10.0 Å². The van der Waals surface area contributed by atoms with E-state index in [-0.39, 0.29) is 28.9 Å². The molecule has 0 amide bonds. The van der Waals surface area contributed by atoms with Crippen LogP contribution < -0.4 is 0 Å². The summed E-state index contributed by atoms with van der Waals surface area (Å²) in [5, 5.41) is 8.36. The van der Waals surface area contributed by atoms with Gasteiger partial charge in [-0.2, -0.15) is 20.6 Å². The van der Waals surface area contributed by atoms with Crippen molar-refractivity contribution in [1.82, 2.24) is 14.4 Å². The lowest BCUT2D eigenvalue weighted by Gasteiger charge is -2.36. The monoisotopic (exact) mass is 429 g/mol. The van der Waals surface area contributed by atoms with E-state index in [0.29, 0.717) is 22.3 Å². The van der Waals surface area contributed by atoms with Crippen LogP contribution >= 0.6 is 34.5 Å². The molecule has 3 aromatic rings. The van der Waals surface area contributed by atoms with Crippen LogP contribution in [0.4, 0.5) is 0 Å². The van der Waals surface area contributed by atoms with Crippen molar-refractivity contribution in [3.63, 3.8) is 0 Å². The van der Waals surface area contributed by atoms with Crippen molar-refractivity contribution in [3.8, 4) is 11.4 Å². The Balaban J connectivity index is 1.52. The summed E-state index contributed by atoms with van der Waals surface area (Å²) < 4.78 is 32.2. The van der Waals surface area contributed by atoms with Gasteiger partial charge in [0.05, 0.1) is 10.9 Å². The van der Waals surface area contributed by atoms with E-state index in [9.17, 15) is 8.42 Å². The average molecular weight is 430 g/mol. The summed E-state index contributed by atoms with van der Waals surface area (Å²) in [5.74, 6) is 0.826. The molecule has 26 heavy (non-hydrogen) atoms. The highest BCUT2D eigenvalue weighted by Crippen LogP contribution is 2.36. The van der Waals surface area contributed by atoms with E-state index in [1.807, 2.05) is 16.8 Å². The molecular formula is C16H13Cl2N3O3S2. The fourth-order valence-electron chi connectivity index (χ4n) is 2.67. The van der Waals surface area contributed by atoms with Gasteiger partial charge in [-0.1, -0.05) is 28.4 Å². The smallest absolute Gasteiger partial charge is 0.244 e. The van der Waals surface area contributed by atoms with Crippen molar-refractivity contribution >= 4 is 44.6 Å². The van der Waals surface area contributed by atoms with Gasteiger partial charge in [0.2, 0.25) is 21.7 Å². The molecule has 0 atom stereocenters. The first-order valence-corrected chi connectivity index (χ1v) is 10.8. The van der Waals surface area contributed by atoms with Crippen LogP contribution in [0.3, 0.4) is 0 Å². The van der Waals surface area contributed by atoms with Gasteiger partial charge in [-0.3, -0.25) is 0 Å². The lowest BCUT2D eigenvalue weighted by molar-refractivity contribution is 0.217. The number of aromatic nitrogens is 2. The van der Waals surface area contributed by atoms with E-state index in [1.54, 1.807) is 18.3 Å². The Bertz CT molecular complexity index is 1060. The third-order valence-electron chi connectivity index (χ3n) is 4.25. The summed E-state index contributed by atoms with van der Waals surface area (Å²) in [4.78, 5) is 4.43. The minimum absolute atomic E-state index is 0.0593. The zero-order valence-corrected chi connectivity index (χ0v) is 16.7. The van der Waals surface area contributed by atoms with Gasteiger partial charge >= 0.3 is 0 Å². The Hall–Kier alpha value is -1.45. The molecule has 1 aliphatic heterocycles. The Morgan fingerprint density at radius 2 is 2.04 bits per heavy atom. The molecule has 0 N–H and O–H groups in total. The highest BCUT2D eigenvalue weighted by Gasteiger charge is 2.41. The number of hydrogen-bond donors (Lipinski definition) is 0. The largest absolute Gasteiger partial charge is 0.339 e. The molecule has 0 unspecified atom stereocenters. The number of benzene rings is 1. The zero-order chi connectivity index (χ0) is 18.5. The van der Waals surface area contributed by atoms with Crippen LogP contribution in [-0.2, 0) is 10.0 Å². The highest BCUT2D eigenvalue weighted by atomic mass is 35.5. The predicted octanol–water partition coefficient (Wildman–Crippen LogP) is 4.20. The first-order valence-electron chi connectivity index (χ1n) is 7.68. The van der Waals surface area contributed by atoms with Gasteiger partial charge in [-0.15, -0.1) is 0 Å². The maximum Gasteiger partial charge on any atom is 0.244 e. The summed E-state index contributed by atoms with van der Waals surface area (Å²) in [7, 11) is -3.69. The second-order valence-electron chi connectivity index (χ2n) is 6.02. The Kier molecular flexibility index (Phi) is 4.56. The standard InChI is InChI=1S/C16H13Cl2N3O3S2/c1-9-4-14(13(18)5-12(9)17)26(22,23)21-6-11(7-21)16-19-15(20-24-16)10-2-3-25-8-10/h2-5,8,11H,6-7H2,1H3. The quantitative estimate of drug-likeness (QED) is 0.620. The van der Waals surface area contributed by atoms with E-state index in [0.717, 1.165) is 5.56 Å². The first kappa shape index (κ1) is 17.9. The zero-order valence-electron chi connectivity index (χ0n) is 13.5. The molecule has 0 saturated carbocycles. The lowest BCUT2D eigenvalue weighted by Crippen LogP contribution is -2.48. The molecule has 6 nitrogen and oxygen atoms in total.